The maximum absolute atomic E-state index is 10.7. The van der Waals surface area contributed by atoms with E-state index in [2.05, 4.69) is 0 Å². The summed E-state index contributed by atoms with van der Waals surface area (Å²) in [5, 5.41) is 0. The SMILES string of the molecule is C.CC(=O)N1CCCCC1. The van der Waals surface area contributed by atoms with Gasteiger partial charge in [0.05, 0.1) is 0 Å². The molecule has 0 bridgehead atoms. The van der Waals surface area contributed by atoms with Crippen molar-refractivity contribution in [2.45, 2.75) is 33.6 Å². The highest BCUT2D eigenvalue weighted by Gasteiger charge is 2.10. The number of hydrogen-bond donors (Lipinski definition) is 0. The lowest BCUT2D eigenvalue weighted by molar-refractivity contribution is -0.129. The van der Waals surface area contributed by atoms with E-state index in [0.29, 0.717) is 0 Å². The maximum atomic E-state index is 10.7. The summed E-state index contributed by atoms with van der Waals surface area (Å²) in [4.78, 5) is 12.6. The molecular formula is C8H17NO. The largest absolute Gasteiger partial charge is 0.343 e. The standard InChI is InChI=1S/C7H13NO.CH4/c1-7(9)8-5-3-2-4-6-8;/h2-6H2,1H3;1H4. The Morgan fingerprint density at radius 3 is 2.00 bits per heavy atom. The molecule has 0 aliphatic carbocycles. The summed E-state index contributed by atoms with van der Waals surface area (Å²) in [7, 11) is 0. The van der Waals surface area contributed by atoms with Crippen molar-refractivity contribution in [2.24, 2.45) is 0 Å². The van der Waals surface area contributed by atoms with Crippen LogP contribution in [-0.4, -0.2) is 23.9 Å². The van der Waals surface area contributed by atoms with Gasteiger partial charge in [-0.3, -0.25) is 4.79 Å². The molecule has 0 atom stereocenters. The zero-order chi connectivity index (χ0) is 6.69. The van der Waals surface area contributed by atoms with Crippen molar-refractivity contribution in [1.29, 1.82) is 0 Å². The van der Waals surface area contributed by atoms with E-state index in [-0.39, 0.29) is 13.3 Å². The van der Waals surface area contributed by atoms with E-state index in [1.165, 1.54) is 19.3 Å². The number of carbonyl (C=O) groups is 1. The highest BCUT2D eigenvalue weighted by Crippen LogP contribution is 2.07. The molecule has 10 heavy (non-hydrogen) atoms. The summed E-state index contributed by atoms with van der Waals surface area (Å²) in [6.07, 6.45) is 3.68. The van der Waals surface area contributed by atoms with Crippen LogP contribution in [0.3, 0.4) is 0 Å². The normalized spacial score (nSPS) is 17.9. The van der Waals surface area contributed by atoms with E-state index in [0.717, 1.165) is 13.1 Å². The second kappa shape index (κ2) is 4.31. The van der Waals surface area contributed by atoms with Gasteiger partial charge in [0.2, 0.25) is 5.91 Å². The van der Waals surface area contributed by atoms with Gasteiger partial charge in [0.25, 0.3) is 0 Å². The predicted molar refractivity (Wildman–Crippen MR) is 42.8 cm³/mol. The molecule has 0 unspecified atom stereocenters. The highest BCUT2D eigenvalue weighted by molar-refractivity contribution is 5.73. The quantitative estimate of drug-likeness (QED) is 0.505. The van der Waals surface area contributed by atoms with Crippen LogP contribution in [0.15, 0.2) is 0 Å². The molecule has 0 aromatic heterocycles. The average Bonchev–Trinajstić information content (AvgIpc) is 1.90. The van der Waals surface area contributed by atoms with Crippen LogP contribution in [-0.2, 0) is 4.79 Å². The van der Waals surface area contributed by atoms with E-state index in [4.69, 9.17) is 0 Å². The van der Waals surface area contributed by atoms with Crippen LogP contribution < -0.4 is 0 Å². The Kier molecular flexibility index (Phi) is 4.08. The number of carbonyl (C=O) groups excluding carboxylic acids is 1. The summed E-state index contributed by atoms with van der Waals surface area (Å²) >= 11 is 0. The van der Waals surface area contributed by atoms with Crippen molar-refractivity contribution in [1.82, 2.24) is 4.90 Å². The Morgan fingerprint density at radius 2 is 1.70 bits per heavy atom. The second-order valence-corrected chi connectivity index (χ2v) is 2.57. The summed E-state index contributed by atoms with van der Waals surface area (Å²) in [5.41, 5.74) is 0. The minimum Gasteiger partial charge on any atom is -0.343 e. The molecule has 0 aromatic rings. The van der Waals surface area contributed by atoms with Gasteiger partial charge in [-0.15, -0.1) is 0 Å². The number of hydrogen-bond acceptors (Lipinski definition) is 1. The second-order valence-electron chi connectivity index (χ2n) is 2.57. The molecule has 0 radical (unpaired) electrons. The third-order valence-electron chi connectivity index (χ3n) is 1.80. The lowest BCUT2D eigenvalue weighted by Crippen LogP contribution is -2.33. The molecule has 1 aliphatic rings. The van der Waals surface area contributed by atoms with Crippen LogP contribution >= 0.6 is 0 Å². The minimum absolute atomic E-state index is 0. The third kappa shape index (κ3) is 2.38. The van der Waals surface area contributed by atoms with Crippen molar-refractivity contribution < 1.29 is 4.79 Å². The Hall–Kier alpha value is -0.530. The summed E-state index contributed by atoms with van der Waals surface area (Å²) in [5.74, 6) is 0.231. The minimum atomic E-state index is 0. The van der Waals surface area contributed by atoms with E-state index < -0.39 is 0 Å². The lowest BCUT2D eigenvalue weighted by Gasteiger charge is -2.24. The molecule has 2 heteroatoms. The maximum Gasteiger partial charge on any atom is 0.219 e. The first-order chi connectivity index (χ1) is 4.30. The highest BCUT2D eigenvalue weighted by atomic mass is 16.2. The first-order valence-corrected chi connectivity index (χ1v) is 3.56. The van der Waals surface area contributed by atoms with Crippen LogP contribution in [0.4, 0.5) is 0 Å². The molecule has 0 spiro atoms. The fourth-order valence-corrected chi connectivity index (χ4v) is 1.21. The van der Waals surface area contributed by atoms with Gasteiger partial charge in [-0.25, -0.2) is 0 Å². The summed E-state index contributed by atoms with van der Waals surface area (Å²) in [6.45, 7) is 3.61. The Labute approximate surface area is 63.2 Å². The van der Waals surface area contributed by atoms with Gasteiger partial charge >= 0.3 is 0 Å². The van der Waals surface area contributed by atoms with E-state index >= 15 is 0 Å². The molecule has 1 amide bonds. The third-order valence-corrected chi connectivity index (χ3v) is 1.80. The van der Waals surface area contributed by atoms with Crippen molar-refractivity contribution >= 4 is 5.91 Å². The average molecular weight is 143 g/mol. The van der Waals surface area contributed by atoms with Gasteiger partial charge in [-0.05, 0) is 19.3 Å². The molecule has 1 fully saturated rings. The van der Waals surface area contributed by atoms with Gasteiger partial charge < -0.3 is 4.90 Å². The topological polar surface area (TPSA) is 20.3 Å². The molecule has 1 saturated heterocycles. The number of rotatable bonds is 0. The van der Waals surface area contributed by atoms with Crippen LogP contribution in [0.2, 0.25) is 0 Å². The van der Waals surface area contributed by atoms with Crippen molar-refractivity contribution in [2.75, 3.05) is 13.1 Å². The van der Waals surface area contributed by atoms with E-state index in [9.17, 15) is 4.79 Å². The number of likely N-dealkylation sites (tertiary alicyclic amines) is 1. The molecule has 1 heterocycles. The van der Waals surface area contributed by atoms with Gasteiger partial charge in [-0.1, -0.05) is 7.43 Å². The van der Waals surface area contributed by atoms with Gasteiger partial charge in [0.15, 0.2) is 0 Å². The smallest absolute Gasteiger partial charge is 0.219 e. The van der Waals surface area contributed by atoms with Crippen LogP contribution in [0, 0.1) is 0 Å². The molecule has 0 aromatic carbocycles. The lowest BCUT2D eigenvalue weighted by atomic mass is 10.1. The van der Waals surface area contributed by atoms with E-state index in [1.807, 2.05) is 4.90 Å². The molecule has 1 aliphatic heterocycles. The van der Waals surface area contributed by atoms with Crippen LogP contribution in [0.1, 0.15) is 33.6 Å². The molecule has 60 valence electrons. The van der Waals surface area contributed by atoms with Crippen LogP contribution in [0.5, 0.6) is 0 Å². The fourth-order valence-electron chi connectivity index (χ4n) is 1.21. The molecule has 1 rings (SSSR count). The first-order valence-electron chi connectivity index (χ1n) is 3.56. The van der Waals surface area contributed by atoms with Crippen molar-refractivity contribution in [3.8, 4) is 0 Å². The van der Waals surface area contributed by atoms with Gasteiger partial charge in [0, 0.05) is 20.0 Å². The molecule has 0 saturated carbocycles. The fraction of sp³-hybridized carbons (Fsp3) is 0.875. The zero-order valence-electron chi connectivity index (χ0n) is 5.89. The molecule has 2 nitrogen and oxygen atoms in total. The summed E-state index contributed by atoms with van der Waals surface area (Å²) < 4.78 is 0. The Bertz CT molecular complexity index is 106. The van der Waals surface area contributed by atoms with Crippen molar-refractivity contribution in [3.05, 3.63) is 0 Å². The van der Waals surface area contributed by atoms with Crippen molar-refractivity contribution in [3.63, 3.8) is 0 Å². The van der Waals surface area contributed by atoms with Crippen LogP contribution in [0.25, 0.3) is 0 Å². The molecular weight excluding hydrogens is 126 g/mol. The Balaban J connectivity index is 0.000000810. The zero-order valence-corrected chi connectivity index (χ0v) is 5.89. The molecule has 0 N–H and O–H groups in total. The van der Waals surface area contributed by atoms with Gasteiger partial charge in [-0.2, -0.15) is 0 Å². The monoisotopic (exact) mass is 143 g/mol. The predicted octanol–water partition coefficient (Wildman–Crippen LogP) is 1.65. The summed E-state index contributed by atoms with van der Waals surface area (Å²) in [6, 6.07) is 0. The Morgan fingerprint density at radius 1 is 1.20 bits per heavy atom. The van der Waals surface area contributed by atoms with Gasteiger partial charge in [0.1, 0.15) is 0 Å². The van der Waals surface area contributed by atoms with E-state index in [1.54, 1.807) is 6.92 Å². The first kappa shape index (κ1) is 9.47. The number of piperidine rings is 1. The number of nitrogens with zero attached hydrogens (tertiary/aromatic N) is 1. The number of amides is 1.